The van der Waals surface area contributed by atoms with Gasteiger partial charge in [0.1, 0.15) is 23.1 Å². The summed E-state index contributed by atoms with van der Waals surface area (Å²) in [6.07, 6.45) is 2.86. The molecule has 1 aliphatic heterocycles. The van der Waals surface area contributed by atoms with Gasteiger partial charge in [0.25, 0.3) is 11.7 Å². The average molecular weight is 450 g/mol. The van der Waals surface area contributed by atoms with Crippen LogP contribution in [-0.2, 0) is 9.59 Å². The topological polar surface area (TPSA) is 79.7 Å². The van der Waals surface area contributed by atoms with Gasteiger partial charge in [0.15, 0.2) is 0 Å². The molecular weight excluding hydrogens is 430 g/mol. The van der Waals surface area contributed by atoms with Crippen molar-refractivity contribution in [3.8, 4) is 5.75 Å². The summed E-state index contributed by atoms with van der Waals surface area (Å²) in [6, 6.07) is 11.1. The third-order valence-corrected chi connectivity index (χ3v) is 5.14. The van der Waals surface area contributed by atoms with E-state index >= 15 is 0 Å². The van der Waals surface area contributed by atoms with Crippen molar-refractivity contribution in [2.75, 3.05) is 4.90 Å². The zero-order chi connectivity index (χ0) is 23.7. The lowest BCUT2D eigenvalue weighted by molar-refractivity contribution is -0.132. The minimum Gasteiger partial charge on any atom is -0.507 e. The Morgan fingerprint density at radius 3 is 2.30 bits per heavy atom. The number of hydrogen-bond donors (Lipinski definition) is 1. The number of Topliss-reactive ketones (excluding diaryl/α,β-unsaturated/α-hetero) is 1. The van der Waals surface area contributed by atoms with Gasteiger partial charge in [0.05, 0.1) is 23.4 Å². The monoisotopic (exact) mass is 450 g/mol. The highest BCUT2D eigenvalue weighted by Gasteiger charge is 2.47. The number of carbonyl (C=O) groups excluding carboxylic acids is 2. The van der Waals surface area contributed by atoms with Crippen LogP contribution in [0.4, 0.5) is 14.5 Å². The molecule has 168 valence electrons. The normalized spacial score (nSPS) is 17.6. The van der Waals surface area contributed by atoms with E-state index < -0.39 is 35.1 Å². The molecule has 8 heteroatoms. The lowest BCUT2D eigenvalue weighted by Crippen LogP contribution is -2.30. The van der Waals surface area contributed by atoms with Crippen LogP contribution in [0.2, 0.25) is 0 Å². The van der Waals surface area contributed by atoms with Gasteiger partial charge >= 0.3 is 0 Å². The maximum atomic E-state index is 14.6. The second-order valence-electron chi connectivity index (χ2n) is 7.74. The number of ketones is 1. The third-order valence-electron chi connectivity index (χ3n) is 5.14. The Labute approximate surface area is 188 Å². The summed E-state index contributed by atoms with van der Waals surface area (Å²) in [5, 5.41) is 11.1. The van der Waals surface area contributed by atoms with Crippen molar-refractivity contribution in [3.63, 3.8) is 0 Å². The number of hydrogen-bond acceptors (Lipinski definition) is 5. The van der Waals surface area contributed by atoms with E-state index in [-0.39, 0.29) is 22.9 Å². The fourth-order valence-electron chi connectivity index (χ4n) is 3.74. The summed E-state index contributed by atoms with van der Waals surface area (Å²) in [5.74, 6) is -3.70. The first-order chi connectivity index (χ1) is 15.8. The molecular formula is C25H20F2N2O4. The van der Waals surface area contributed by atoms with E-state index in [1.54, 1.807) is 36.4 Å². The number of nitrogens with zero attached hydrogens (tertiary/aromatic N) is 2. The summed E-state index contributed by atoms with van der Waals surface area (Å²) >= 11 is 0. The van der Waals surface area contributed by atoms with Gasteiger partial charge in [0, 0.05) is 24.0 Å². The van der Waals surface area contributed by atoms with E-state index in [4.69, 9.17) is 4.74 Å². The number of rotatable bonds is 5. The molecule has 0 spiro atoms. The number of aliphatic hydroxyl groups is 1. The third kappa shape index (κ3) is 4.19. The van der Waals surface area contributed by atoms with Crippen molar-refractivity contribution in [1.29, 1.82) is 0 Å². The van der Waals surface area contributed by atoms with Crippen LogP contribution >= 0.6 is 0 Å². The number of amides is 1. The maximum Gasteiger partial charge on any atom is 0.300 e. The maximum absolute atomic E-state index is 14.6. The van der Waals surface area contributed by atoms with Crippen LogP contribution in [0.1, 0.15) is 31.0 Å². The Hall–Kier alpha value is -4.07. The van der Waals surface area contributed by atoms with Gasteiger partial charge in [-0.15, -0.1) is 0 Å². The summed E-state index contributed by atoms with van der Waals surface area (Å²) in [4.78, 5) is 30.9. The van der Waals surface area contributed by atoms with E-state index in [9.17, 15) is 23.5 Å². The van der Waals surface area contributed by atoms with Gasteiger partial charge < -0.3 is 9.84 Å². The van der Waals surface area contributed by atoms with E-state index in [2.05, 4.69) is 4.98 Å². The fourth-order valence-corrected chi connectivity index (χ4v) is 3.74. The molecule has 1 amide bonds. The van der Waals surface area contributed by atoms with Crippen LogP contribution in [-0.4, -0.2) is 27.9 Å². The van der Waals surface area contributed by atoms with Gasteiger partial charge in [-0.05, 0) is 67.9 Å². The zero-order valence-corrected chi connectivity index (χ0v) is 17.8. The van der Waals surface area contributed by atoms with E-state index in [0.717, 1.165) is 17.0 Å². The molecule has 0 saturated carbocycles. The largest absolute Gasteiger partial charge is 0.507 e. The predicted octanol–water partition coefficient (Wildman–Crippen LogP) is 4.77. The molecule has 0 aliphatic carbocycles. The summed E-state index contributed by atoms with van der Waals surface area (Å²) in [6.45, 7) is 3.75. The molecule has 1 atom stereocenters. The van der Waals surface area contributed by atoms with Gasteiger partial charge in [0.2, 0.25) is 0 Å². The number of aromatic nitrogens is 1. The highest BCUT2D eigenvalue weighted by Crippen LogP contribution is 2.42. The van der Waals surface area contributed by atoms with Crippen molar-refractivity contribution < 1.29 is 28.2 Å². The Balaban J connectivity index is 1.87. The molecule has 2 aromatic carbocycles. The molecule has 1 unspecified atom stereocenters. The molecule has 6 nitrogen and oxygen atoms in total. The molecule has 1 fully saturated rings. The Morgan fingerprint density at radius 1 is 1.03 bits per heavy atom. The minimum atomic E-state index is -1.14. The van der Waals surface area contributed by atoms with Crippen molar-refractivity contribution in [1.82, 2.24) is 4.98 Å². The van der Waals surface area contributed by atoms with Crippen LogP contribution in [0.3, 0.4) is 0 Å². The summed E-state index contributed by atoms with van der Waals surface area (Å²) in [5.41, 5.74) is 0.212. The fraction of sp³-hybridized carbons (Fsp3) is 0.160. The Bertz CT molecular complexity index is 1240. The van der Waals surface area contributed by atoms with Crippen molar-refractivity contribution in [2.45, 2.75) is 26.0 Å². The predicted molar refractivity (Wildman–Crippen MR) is 118 cm³/mol. The first-order valence-corrected chi connectivity index (χ1v) is 10.2. The number of anilines is 1. The van der Waals surface area contributed by atoms with Crippen molar-refractivity contribution in [3.05, 3.63) is 95.3 Å². The zero-order valence-electron chi connectivity index (χ0n) is 17.8. The van der Waals surface area contributed by atoms with Crippen molar-refractivity contribution >= 4 is 23.1 Å². The molecule has 1 aliphatic rings. The van der Waals surface area contributed by atoms with Crippen LogP contribution in [0.5, 0.6) is 5.75 Å². The summed E-state index contributed by atoms with van der Waals surface area (Å²) < 4.78 is 33.7. The first-order valence-electron chi connectivity index (χ1n) is 10.2. The molecule has 1 saturated heterocycles. The number of aliphatic hydroxyl groups excluding tert-OH is 1. The van der Waals surface area contributed by atoms with Crippen LogP contribution in [0.25, 0.3) is 5.76 Å². The van der Waals surface area contributed by atoms with Gasteiger partial charge in [-0.2, -0.15) is 0 Å². The van der Waals surface area contributed by atoms with Crippen LogP contribution in [0.15, 0.2) is 72.6 Å². The first kappa shape index (κ1) is 22.1. The lowest BCUT2D eigenvalue weighted by atomic mass is 9.95. The second kappa shape index (κ2) is 8.82. The second-order valence-corrected chi connectivity index (χ2v) is 7.74. The van der Waals surface area contributed by atoms with Gasteiger partial charge in [-0.25, -0.2) is 8.78 Å². The molecule has 0 bridgehead atoms. The van der Waals surface area contributed by atoms with Crippen molar-refractivity contribution in [2.24, 2.45) is 0 Å². The molecule has 0 radical (unpaired) electrons. The van der Waals surface area contributed by atoms with Gasteiger partial charge in [-0.1, -0.05) is 0 Å². The highest BCUT2D eigenvalue weighted by atomic mass is 19.1. The van der Waals surface area contributed by atoms with Crippen LogP contribution < -0.4 is 9.64 Å². The molecule has 1 aromatic heterocycles. The number of carbonyl (C=O) groups is 2. The lowest BCUT2D eigenvalue weighted by Gasteiger charge is -2.25. The average Bonchev–Trinajstić information content (AvgIpc) is 3.05. The van der Waals surface area contributed by atoms with E-state index in [1.807, 2.05) is 13.8 Å². The smallest absolute Gasteiger partial charge is 0.300 e. The number of halogens is 2. The number of benzene rings is 2. The standard InChI is InChI=1S/C25H20F2N2O4/c1-14(2)33-18-6-3-16(4-7-18)23(30)21-22(15-9-11-28-12-10-15)29(25(32)24(21)31)20-8-5-17(26)13-19(20)27/h3-14,22,30H,1-2H3/b23-21+. The van der Waals surface area contributed by atoms with Crippen LogP contribution in [0, 0.1) is 11.6 Å². The minimum absolute atomic E-state index is 0.0490. The molecule has 2 heterocycles. The number of pyridine rings is 1. The highest BCUT2D eigenvalue weighted by molar-refractivity contribution is 6.51. The molecule has 3 aromatic rings. The van der Waals surface area contributed by atoms with E-state index in [1.165, 1.54) is 12.4 Å². The number of ether oxygens (including phenoxy) is 1. The molecule has 33 heavy (non-hydrogen) atoms. The Kier molecular flexibility index (Phi) is 5.91. The van der Waals surface area contributed by atoms with Gasteiger partial charge in [-0.3, -0.25) is 19.5 Å². The SMILES string of the molecule is CC(C)Oc1ccc(/C(O)=C2\C(=O)C(=O)N(c3ccc(F)cc3F)C2c2ccncc2)cc1. The summed E-state index contributed by atoms with van der Waals surface area (Å²) in [7, 11) is 0. The van der Waals surface area contributed by atoms with E-state index in [0.29, 0.717) is 17.4 Å². The quantitative estimate of drug-likeness (QED) is 0.344. The molecule has 4 rings (SSSR count). The Morgan fingerprint density at radius 2 is 1.70 bits per heavy atom. The molecule has 1 N–H and O–H groups in total.